The van der Waals surface area contributed by atoms with E-state index in [2.05, 4.69) is 15.5 Å². The van der Waals surface area contributed by atoms with Crippen LogP contribution in [0.25, 0.3) is 10.7 Å². The van der Waals surface area contributed by atoms with Crippen LogP contribution in [-0.2, 0) is 11.3 Å². The van der Waals surface area contributed by atoms with Crippen LogP contribution in [0, 0.1) is 4.77 Å². The van der Waals surface area contributed by atoms with Crippen molar-refractivity contribution in [3.8, 4) is 22.2 Å². The third kappa shape index (κ3) is 4.50. The van der Waals surface area contributed by atoms with E-state index in [1.165, 1.54) is 0 Å². The molecule has 2 N–H and O–H groups in total. The molecular formula is C17H18N4O3S2. The van der Waals surface area contributed by atoms with Gasteiger partial charge in [0.15, 0.2) is 10.6 Å². The highest BCUT2D eigenvalue weighted by Crippen LogP contribution is 2.22. The van der Waals surface area contributed by atoms with Gasteiger partial charge in [0.1, 0.15) is 24.7 Å². The number of carbonyl (C=O) groups is 1. The summed E-state index contributed by atoms with van der Waals surface area (Å²) in [6, 6.07) is 11.2. The number of carbonyl (C=O) groups excluding carboxylic acids is 1. The number of amides is 1. The summed E-state index contributed by atoms with van der Waals surface area (Å²) >= 11 is 6.76. The first kappa shape index (κ1) is 18.2. The second kappa shape index (κ2) is 8.63. The zero-order valence-corrected chi connectivity index (χ0v) is 15.7. The van der Waals surface area contributed by atoms with Crippen LogP contribution in [0.5, 0.6) is 11.5 Å². The lowest BCUT2D eigenvalue weighted by Crippen LogP contribution is -2.31. The normalized spacial score (nSPS) is 10.5. The molecule has 0 aliphatic rings. The lowest BCUT2D eigenvalue weighted by atomic mass is 10.3. The fourth-order valence-electron chi connectivity index (χ4n) is 2.31. The Labute approximate surface area is 159 Å². The first-order valence-electron chi connectivity index (χ1n) is 7.90. The molecule has 3 aromatic rings. The largest absolute Gasteiger partial charge is 0.497 e. The highest BCUT2D eigenvalue weighted by atomic mass is 32.1. The van der Waals surface area contributed by atoms with Gasteiger partial charge in [-0.1, -0.05) is 12.1 Å². The molecule has 0 saturated carbocycles. The van der Waals surface area contributed by atoms with Crippen LogP contribution in [0.4, 0.5) is 0 Å². The van der Waals surface area contributed by atoms with E-state index >= 15 is 0 Å². The molecule has 0 unspecified atom stereocenters. The molecule has 0 saturated heterocycles. The Morgan fingerprint density at radius 1 is 1.35 bits per heavy atom. The van der Waals surface area contributed by atoms with E-state index in [0.29, 0.717) is 29.5 Å². The van der Waals surface area contributed by atoms with Crippen LogP contribution in [0.1, 0.15) is 0 Å². The summed E-state index contributed by atoms with van der Waals surface area (Å²) in [5.41, 5.74) is 0. The quantitative estimate of drug-likeness (QED) is 0.457. The maximum absolute atomic E-state index is 12.2. The van der Waals surface area contributed by atoms with E-state index in [1.807, 2.05) is 35.7 Å². The van der Waals surface area contributed by atoms with Gasteiger partial charge in [-0.15, -0.1) is 11.3 Å². The number of nitrogens with zero attached hydrogens (tertiary/aromatic N) is 2. The summed E-state index contributed by atoms with van der Waals surface area (Å²) in [4.78, 5) is 13.2. The number of rotatable bonds is 8. The van der Waals surface area contributed by atoms with Gasteiger partial charge in [-0.05, 0) is 35.8 Å². The predicted octanol–water partition coefficient (Wildman–Crippen LogP) is 2.87. The second-order valence-electron chi connectivity index (χ2n) is 5.29. The van der Waals surface area contributed by atoms with Gasteiger partial charge in [-0.25, -0.2) is 0 Å². The third-order valence-electron chi connectivity index (χ3n) is 3.54. The van der Waals surface area contributed by atoms with Gasteiger partial charge in [0.2, 0.25) is 5.91 Å². The monoisotopic (exact) mass is 390 g/mol. The minimum atomic E-state index is -0.158. The van der Waals surface area contributed by atoms with Crippen LogP contribution < -0.4 is 14.8 Å². The number of methoxy groups -OCH3 is 1. The molecule has 0 aliphatic heterocycles. The summed E-state index contributed by atoms with van der Waals surface area (Å²) in [6.07, 6.45) is 0. The van der Waals surface area contributed by atoms with Crippen LogP contribution in [-0.4, -0.2) is 40.9 Å². The third-order valence-corrected chi connectivity index (χ3v) is 4.71. The Balaban J connectivity index is 1.51. The van der Waals surface area contributed by atoms with Gasteiger partial charge in [0.05, 0.1) is 18.5 Å². The second-order valence-corrected chi connectivity index (χ2v) is 6.63. The smallest absolute Gasteiger partial charge is 0.240 e. The van der Waals surface area contributed by atoms with Crippen molar-refractivity contribution in [1.82, 2.24) is 20.1 Å². The standard InChI is InChI=1S/C17H18N4O3S2/c1-23-12-4-2-5-13(10-12)24-8-7-18-15(22)11-21-16(19-20-17(21)25)14-6-3-9-26-14/h2-6,9-10H,7-8,11H2,1H3,(H,18,22)(H,20,25). The van der Waals surface area contributed by atoms with Crippen LogP contribution in [0.2, 0.25) is 0 Å². The summed E-state index contributed by atoms with van der Waals surface area (Å²) in [6.45, 7) is 0.838. The van der Waals surface area contributed by atoms with Crippen molar-refractivity contribution < 1.29 is 14.3 Å². The molecule has 9 heteroatoms. The van der Waals surface area contributed by atoms with Crippen molar-refractivity contribution in [2.75, 3.05) is 20.3 Å². The topological polar surface area (TPSA) is 81.2 Å². The molecule has 3 rings (SSSR count). The highest BCUT2D eigenvalue weighted by Gasteiger charge is 2.12. The van der Waals surface area contributed by atoms with E-state index < -0.39 is 0 Å². The number of hydrogen-bond acceptors (Lipinski definition) is 6. The molecule has 2 heterocycles. The maximum Gasteiger partial charge on any atom is 0.240 e. The van der Waals surface area contributed by atoms with E-state index in [0.717, 1.165) is 10.6 Å². The fourth-order valence-corrected chi connectivity index (χ4v) is 3.23. The molecule has 1 aromatic carbocycles. The van der Waals surface area contributed by atoms with Gasteiger partial charge in [0, 0.05) is 6.07 Å². The molecule has 0 spiro atoms. The van der Waals surface area contributed by atoms with E-state index in [9.17, 15) is 4.79 Å². The Hall–Kier alpha value is -2.65. The van der Waals surface area contributed by atoms with Gasteiger partial charge in [0.25, 0.3) is 0 Å². The van der Waals surface area contributed by atoms with Crippen LogP contribution in [0.15, 0.2) is 41.8 Å². The molecule has 0 atom stereocenters. The summed E-state index contributed by atoms with van der Waals surface area (Å²) in [5.74, 6) is 1.92. The van der Waals surface area contributed by atoms with Gasteiger partial charge >= 0.3 is 0 Å². The van der Waals surface area contributed by atoms with E-state index in [4.69, 9.17) is 21.7 Å². The van der Waals surface area contributed by atoms with Crippen molar-refractivity contribution in [1.29, 1.82) is 0 Å². The van der Waals surface area contributed by atoms with Crippen molar-refractivity contribution in [3.05, 3.63) is 46.5 Å². The first-order valence-corrected chi connectivity index (χ1v) is 9.19. The minimum absolute atomic E-state index is 0.0989. The number of nitrogens with one attached hydrogen (secondary N) is 2. The molecule has 0 radical (unpaired) electrons. The van der Waals surface area contributed by atoms with Gasteiger partial charge < -0.3 is 14.8 Å². The molecule has 1 amide bonds. The number of H-pyrrole nitrogens is 1. The van der Waals surface area contributed by atoms with Crippen molar-refractivity contribution in [2.24, 2.45) is 0 Å². The average molecular weight is 390 g/mol. The Morgan fingerprint density at radius 3 is 2.96 bits per heavy atom. The zero-order valence-electron chi connectivity index (χ0n) is 14.1. The number of hydrogen-bond donors (Lipinski definition) is 2. The number of ether oxygens (including phenoxy) is 2. The van der Waals surface area contributed by atoms with Crippen molar-refractivity contribution in [2.45, 2.75) is 6.54 Å². The van der Waals surface area contributed by atoms with E-state index in [1.54, 1.807) is 29.1 Å². The SMILES string of the molecule is COc1cccc(OCCNC(=O)Cn2c(-c3cccs3)n[nH]c2=S)c1. The first-order chi connectivity index (χ1) is 12.7. The zero-order chi connectivity index (χ0) is 18.4. The lowest BCUT2D eigenvalue weighted by Gasteiger charge is -2.09. The molecule has 2 aromatic heterocycles. The van der Waals surface area contributed by atoms with Crippen LogP contribution in [0.3, 0.4) is 0 Å². The Kier molecular flexibility index (Phi) is 6.03. The Bertz CT molecular complexity index is 918. The molecule has 0 bridgehead atoms. The Morgan fingerprint density at radius 2 is 2.19 bits per heavy atom. The average Bonchev–Trinajstić information content (AvgIpc) is 3.30. The molecule has 7 nitrogen and oxygen atoms in total. The van der Waals surface area contributed by atoms with Crippen LogP contribution >= 0.6 is 23.6 Å². The van der Waals surface area contributed by atoms with Crippen molar-refractivity contribution in [3.63, 3.8) is 0 Å². The number of benzene rings is 1. The summed E-state index contributed by atoms with van der Waals surface area (Å²) < 4.78 is 12.8. The fraction of sp³-hybridized carbons (Fsp3) is 0.235. The summed E-state index contributed by atoms with van der Waals surface area (Å²) in [5, 5.41) is 11.7. The van der Waals surface area contributed by atoms with E-state index in [-0.39, 0.29) is 12.5 Å². The minimum Gasteiger partial charge on any atom is -0.497 e. The maximum atomic E-state index is 12.2. The van der Waals surface area contributed by atoms with Crippen molar-refractivity contribution >= 4 is 29.5 Å². The number of aromatic nitrogens is 3. The highest BCUT2D eigenvalue weighted by molar-refractivity contribution is 7.71. The number of thiophene rings is 1. The predicted molar refractivity (Wildman–Crippen MR) is 102 cm³/mol. The molecule has 0 aliphatic carbocycles. The number of aromatic amines is 1. The molecule has 0 fully saturated rings. The van der Waals surface area contributed by atoms with Gasteiger partial charge in [-0.3, -0.25) is 14.5 Å². The molecule has 26 heavy (non-hydrogen) atoms. The molecule has 136 valence electrons. The molecular weight excluding hydrogens is 372 g/mol. The summed E-state index contributed by atoms with van der Waals surface area (Å²) in [7, 11) is 1.60. The lowest BCUT2D eigenvalue weighted by molar-refractivity contribution is -0.121. The van der Waals surface area contributed by atoms with Gasteiger partial charge in [-0.2, -0.15) is 5.10 Å².